The van der Waals surface area contributed by atoms with Crippen LogP contribution < -0.4 is 15.4 Å². The van der Waals surface area contributed by atoms with Crippen molar-refractivity contribution >= 4 is 5.96 Å². The quantitative estimate of drug-likeness (QED) is 0.629. The summed E-state index contributed by atoms with van der Waals surface area (Å²) in [5, 5.41) is 7.12. The molecule has 4 rings (SSSR count). The summed E-state index contributed by atoms with van der Waals surface area (Å²) in [5.74, 6) is 2.46. The van der Waals surface area contributed by atoms with Gasteiger partial charge in [0.25, 0.3) is 0 Å². The molecule has 5 heteroatoms. The van der Waals surface area contributed by atoms with Crippen molar-refractivity contribution in [2.75, 3.05) is 32.8 Å². The summed E-state index contributed by atoms with van der Waals surface area (Å²) in [7, 11) is 0. The molecule has 2 heterocycles. The van der Waals surface area contributed by atoms with Crippen molar-refractivity contribution in [2.24, 2.45) is 4.99 Å². The van der Waals surface area contributed by atoms with Crippen LogP contribution in [0, 0.1) is 0 Å². The minimum absolute atomic E-state index is 0.451. The molecule has 1 saturated heterocycles. The third kappa shape index (κ3) is 4.32. The van der Waals surface area contributed by atoms with Gasteiger partial charge in [0.1, 0.15) is 5.75 Å². The number of nitrogens with zero attached hydrogens (tertiary/aromatic N) is 2. The van der Waals surface area contributed by atoms with Gasteiger partial charge in [-0.1, -0.05) is 18.2 Å². The lowest BCUT2D eigenvalue weighted by Crippen LogP contribution is -2.49. The molecular formula is C21H32N4O. The first-order valence-electron chi connectivity index (χ1n) is 10.3. The zero-order valence-electron chi connectivity index (χ0n) is 15.9. The van der Waals surface area contributed by atoms with Crippen molar-refractivity contribution in [3.05, 3.63) is 29.8 Å². The van der Waals surface area contributed by atoms with Gasteiger partial charge in [-0.05, 0) is 50.7 Å². The van der Waals surface area contributed by atoms with E-state index in [9.17, 15) is 0 Å². The van der Waals surface area contributed by atoms with Crippen LogP contribution >= 0.6 is 0 Å². The number of rotatable bonds is 5. The minimum atomic E-state index is 0.451. The molecule has 3 aliphatic rings. The highest BCUT2D eigenvalue weighted by atomic mass is 16.5. The number of hydrogen-bond donors (Lipinski definition) is 2. The van der Waals surface area contributed by atoms with E-state index in [0.717, 1.165) is 43.9 Å². The molecule has 1 unspecified atom stereocenters. The molecule has 0 aromatic heterocycles. The number of aliphatic imine (C=N–C) groups is 1. The molecule has 0 spiro atoms. The Kier molecular flexibility index (Phi) is 5.63. The van der Waals surface area contributed by atoms with Gasteiger partial charge in [-0.25, -0.2) is 0 Å². The molecule has 0 radical (unpaired) electrons. The van der Waals surface area contributed by atoms with Crippen molar-refractivity contribution in [3.8, 4) is 5.75 Å². The Balaban J connectivity index is 1.34. The number of piperidine rings is 1. The van der Waals surface area contributed by atoms with Crippen LogP contribution in [0.1, 0.15) is 50.5 Å². The standard InChI is InChI=1S/C21H32N4O/c1-2-22-21(24-17-9-12-25(13-10-17)18-7-8-18)23-15-16-11-14-26-20-6-4-3-5-19(16)20/h3-6,16-18H,2,7-15H2,1H3,(H2,22,23,24). The molecule has 2 aliphatic heterocycles. The first-order valence-corrected chi connectivity index (χ1v) is 10.3. The van der Waals surface area contributed by atoms with Crippen LogP contribution in [0.5, 0.6) is 5.75 Å². The SMILES string of the molecule is CCNC(=NCC1CCOc2ccccc21)NC1CCN(C2CC2)CC1. The van der Waals surface area contributed by atoms with Crippen LogP contribution in [0.4, 0.5) is 0 Å². The lowest BCUT2D eigenvalue weighted by atomic mass is 9.93. The molecule has 1 aromatic rings. The van der Waals surface area contributed by atoms with Gasteiger partial charge in [-0.2, -0.15) is 0 Å². The maximum atomic E-state index is 5.78. The summed E-state index contributed by atoms with van der Waals surface area (Å²) in [6.45, 7) is 7.11. The molecular weight excluding hydrogens is 324 g/mol. The number of fused-ring (bicyclic) bond motifs is 1. The number of likely N-dealkylation sites (tertiary alicyclic amines) is 1. The second-order valence-corrected chi connectivity index (χ2v) is 7.78. The molecule has 2 N–H and O–H groups in total. The molecule has 26 heavy (non-hydrogen) atoms. The van der Waals surface area contributed by atoms with Gasteiger partial charge in [0, 0.05) is 44.2 Å². The predicted molar refractivity (Wildman–Crippen MR) is 106 cm³/mol. The van der Waals surface area contributed by atoms with E-state index < -0.39 is 0 Å². The average molecular weight is 357 g/mol. The summed E-state index contributed by atoms with van der Waals surface area (Å²) in [5.41, 5.74) is 1.30. The Morgan fingerprint density at radius 2 is 1.96 bits per heavy atom. The second-order valence-electron chi connectivity index (χ2n) is 7.78. The fourth-order valence-corrected chi connectivity index (χ4v) is 4.17. The molecule has 2 fully saturated rings. The van der Waals surface area contributed by atoms with Crippen LogP contribution in [0.3, 0.4) is 0 Å². The van der Waals surface area contributed by atoms with Crippen LogP contribution in [0.15, 0.2) is 29.3 Å². The minimum Gasteiger partial charge on any atom is -0.493 e. The number of ether oxygens (including phenoxy) is 1. The first kappa shape index (κ1) is 17.7. The van der Waals surface area contributed by atoms with E-state index in [0.29, 0.717) is 12.0 Å². The molecule has 1 atom stereocenters. The monoisotopic (exact) mass is 356 g/mol. The van der Waals surface area contributed by atoms with Gasteiger partial charge >= 0.3 is 0 Å². The predicted octanol–water partition coefficient (Wildman–Crippen LogP) is 2.73. The average Bonchev–Trinajstić information content (AvgIpc) is 3.52. The maximum Gasteiger partial charge on any atom is 0.191 e. The zero-order chi connectivity index (χ0) is 17.8. The van der Waals surface area contributed by atoms with E-state index in [-0.39, 0.29) is 0 Å². The number of guanidine groups is 1. The van der Waals surface area contributed by atoms with Gasteiger partial charge in [-0.15, -0.1) is 0 Å². The van der Waals surface area contributed by atoms with Gasteiger partial charge < -0.3 is 20.3 Å². The zero-order valence-corrected chi connectivity index (χ0v) is 15.9. The topological polar surface area (TPSA) is 48.9 Å². The van der Waals surface area contributed by atoms with Crippen LogP contribution in [0.25, 0.3) is 0 Å². The third-order valence-corrected chi connectivity index (χ3v) is 5.83. The summed E-state index contributed by atoms with van der Waals surface area (Å²) < 4.78 is 5.78. The van der Waals surface area contributed by atoms with E-state index in [1.807, 2.05) is 6.07 Å². The first-order chi connectivity index (χ1) is 12.8. The smallest absolute Gasteiger partial charge is 0.191 e. The molecule has 0 amide bonds. The van der Waals surface area contributed by atoms with Crippen molar-refractivity contribution in [3.63, 3.8) is 0 Å². The summed E-state index contributed by atoms with van der Waals surface area (Å²) in [6.07, 6.45) is 6.31. The van der Waals surface area contributed by atoms with Gasteiger partial charge in [0.15, 0.2) is 5.96 Å². The Bertz CT molecular complexity index is 620. The van der Waals surface area contributed by atoms with Crippen molar-refractivity contribution in [1.82, 2.24) is 15.5 Å². The van der Waals surface area contributed by atoms with E-state index in [4.69, 9.17) is 9.73 Å². The van der Waals surface area contributed by atoms with E-state index in [1.165, 1.54) is 44.3 Å². The second kappa shape index (κ2) is 8.30. The van der Waals surface area contributed by atoms with Crippen molar-refractivity contribution in [1.29, 1.82) is 0 Å². The van der Waals surface area contributed by atoms with E-state index in [1.54, 1.807) is 0 Å². The molecule has 5 nitrogen and oxygen atoms in total. The van der Waals surface area contributed by atoms with Crippen LogP contribution in [-0.4, -0.2) is 55.7 Å². The largest absolute Gasteiger partial charge is 0.493 e. The Morgan fingerprint density at radius 1 is 1.15 bits per heavy atom. The van der Waals surface area contributed by atoms with Gasteiger partial charge in [0.05, 0.1) is 6.61 Å². The molecule has 1 aromatic carbocycles. The lowest BCUT2D eigenvalue weighted by Gasteiger charge is -2.33. The maximum absolute atomic E-state index is 5.78. The summed E-state index contributed by atoms with van der Waals surface area (Å²) >= 11 is 0. The fraction of sp³-hybridized carbons (Fsp3) is 0.667. The number of hydrogen-bond acceptors (Lipinski definition) is 3. The summed E-state index contributed by atoms with van der Waals surface area (Å²) in [6, 6.07) is 9.84. The highest BCUT2D eigenvalue weighted by Crippen LogP contribution is 2.33. The molecule has 0 bridgehead atoms. The normalized spacial score (nSPS) is 24.7. The lowest BCUT2D eigenvalue weighted by molar-refractivity contribution is 0.197. The molecule has 1 aliphatic carbocycles. The van der Waals surface area contributed by atoms with Crippen molar-refractivity contribution < 1.29 is 4.74 Å². The number of benzene rings is 1. The Morgan fingerprint density at radius 3 is 2.73 bits per heavy atom. The third-order valence-electron chi connectivity index (χ3n) is 5.83. The Labute approximate surface area is 157 Å². The van der Waals surface area contributed by atoms with Crippen LogP contribution in [0.2, 0.25) is 0 Å². The number of para-hydroxylation sites is 1. The van der Waals surface area contributed by atoms with Crippen molar-refractivity contribution in [2.45, 2.75) is 57.0 Å². The van der Waals surface area contributed by atoms with Crippen LogP contribution in [-0.2, 0) is 0 Å². The Hall–Kier alpha value is -1.75. The molecule has 142 valence electrons. The van der Waals surface area contributed by atoms with E-state index in [2.05, 4.69) is 40.7 Å². The van der Waals surface area contributed by atoms with Gasteiger partial charge in [0.2, 0.25) is 0 Å². The number of nitrogens with one attached hydrogen (secondary N) is 2. The van der Waals surface area contributed by atoms with E-state index >= 15 is 0 Å². The van der Waals surface area contributed by atoms with Gasteiger partial charge in [-0.3, -0.25) is 4.99 Å². The fourth-order valence-electron chi connectivity index (χ4n) is 4.17. The highest BCUT2D eigenvalue weighted by Gasteiger charge is 2.32. The molecule has 1 saturated carbocycles. The highest BCUT2D eigenvalue weighted by molar-refractivity contribution is 5.80. The summed E-state index contributed by atoms with van der Waals surface area (Å²) in [4.78, 5) is 7.59.